The maximum atomic E-state index is 10.0. The van der Waals surface area contributed by atoms with Gasteiger partial charge in [0.1, 0.15) is 24.3 Å². The number of nitrogens with one attached hydrogen (secondary N) is 1. The zero-order valence-corrected chi connectivity index (χ0v) is 21.7. The third-order valence-electron chi connectivity index (χ3n) is 7.99. The summed E-state index contributed by atoms with van der Waals surface area (Å²) < 4.78 is 17.2. The lowest BCUT2D eigenvalue weighted by molar-refractivity contribution is 0.0254. The van der Waals surface area contributed by atoms with Crippen LogP contribution in [0.15, 0.2) is 24.3 Å². The number of rotatable bonds is 9. The van der Waals surface area contributed by atoms with E-state index >= 15 is 0 Å². The number of aliphatic hydroxyl groups is 1. The second kappa shape index (κ2) is 11.4. The molecule has 3 aliphatic rings. The highest BCUT2D eigenvalue weighted by Crippen LogP contribution is 2.42. The largest absolute Gasteiger partial charge is 0.491 e. The van der Waals surface area contributed by atoms with Crippen LogP contribution in [0.3, 0.4) is 0 Å². The molecule has 3 aliphatic heterocycles. The van der Waals surface area contributed by atoms with Gasteiger partial charge in [0.2, 0.25) is 0 Å². The summed E-state index contributed by atoms with van der Waals surface area (Å²) in [4.78, 5) is 12.7. The fraction of sp³-hybridized carbons (Fsp3) is 0.643. The van der Waals surface area contributed by atoms with Gasteiger partial charge in [-0.1, -0.05) is 12.1 Å². The lowest BCUT2D eigenvalue weighted by Gasteiger charge is -2.33. The maximum absolute atomic E-state index is 10.0. The number of nitrogens with zero attached hydrogens (tertiary/aromatic N) is 3. The molecule has 5 rings (SSSR count). The first-order valence-electron chi connectivity index (χ1n) is 13.4. The molecule has 8 nitrogen and oxygen atoms in total. The zero-order valence-electron chi connectivity index (χ0n) is 21.7. The van der Waals surface area contributed by atoms with Crippen LogP contribution in [0.5, 0.6) is 5.75 Å². The molecule has 0 aliphatic carbocycles. The molecule has 3 saturated heterocycles. The summed E-state index contributed by atoms with van der Waals surface area (Å²) in [6.45, 7) is 8.33. The maximum Gasteiger partial charge on any atom is 0.161 e. The van der Waals surface area contributed by atoms with Crippen LogP contribution in [0.4, 0.5) is 5.82 Å². The molecule has 1 unspecified atom stereocenters. The first kappa shape index (κ1) is 25.4. The Kier molecular flexibility index (Phi) is 8.06. The van der Waals surface area contributed by atoms with Gasteiger partial charge in [0.05, 0.1) is 0 Å². The highest BCUT2D eigenvalue weighted by molar-refractivity contribution is 5.62. The number of anilines is 1. The minimum absolute atomic E-state index is 0.233. The first-order chi connectivity index (χ1) is 17.5. The van der Waals surface area contributed by atoms with E-state index in [2.05, 4.69) is 17.1 Å². The van der Waals surface area contributed by atoms with Crippen LogP contribution in [0.25, 0.3) is 11.4 Å². The number of hydrogen-bond acceptors (Lipinski definition) is 8. The van der Waals surface area contributed by atoms with Crippen molar-refractivity contribution in [1.82, 2.24) is 15.3 Å². The standard InChI is InChI=1S/C28H40N4O4/c1-20-25(14-21-6-11-35-17-21)30-26(22-4-3-5-24(15-22)36-18-23(33)16-29-2)31-27(20)32-10-7-28(19-32)8-12-34-13-9-28/h3-5,15,21,23,29,33H,6-14,16-19H2,1-2H3/t21-,23?/m0/s1. The molecule has 4 heterocycles. The molecule has 1 aromatic heterocycles. The summed E-state index contributed by atoms with van der Waals surface area (Å²) in [5.74, 6) is 3.01. The second-order valence-electron chi connectivity index (χ2n) is 10.7. The predicted octanol–water partition coefficient (Wildman–Crippen LogP) is 3.00. The summed E-state index contributed by atoms with van der Waals surface area (Å²) in [5.41, 5.74) is 3.59. The third-order valence-corrected chi connectivity index (χ3v) is 7.99. The lowest BCUT2D eigenvalue weighted by Crippen LogP contribution is -2.33. The van der Waals surface area contributed by atoms with Crippen LogP contribution in [0.2, 0.25) is 0 Å². The van der Waals surface area contributed by atoms with Crippen molar-refractivity contribution in [2.45, 2.75) is 45.1 Å². The fourth-order valence-electron chi connectivity index (χ4n) is 5.74. The topological polar surface area (TPSA) is 89.0 Å². The van der Waals surface area contributed by atoms with Crippen molar-refractivity contribution in [2.24, 2.45) is 11.3 Å². The summed E-state index contributed by atoms with van der Waals surface area (Å²) in [6, 6.07) is 7.90. The number of benzene rings is 1. The van der Waals surface area contributed by atoms with Gasteiger partial charge >= 0.3 is 0 Å². The zero-order chi connectivity index (χ0) is 25.0. The highest BCUT2D eigenvalue weighted by atomic mass is 16.5. The van der Waals surface area contributed by atoms with E-state index in [1.807, 2.05) is 31.3 Å². The molecule has 2 atom stereocenters. The van der Waals surface area contributed by atoms with Crippen LogP contribution in [0.1, 0.15) is 36.9 Å². The van der Waals surface area contributed by atoms with Gasteiger partial charge in [-0.15, -0.1) is 0 Å². The average Bonchev–Trinajstić information content (AvgIpc) is 3.55. The second-order valence-corrected chi connectivity index (χ2v) is 10.7. The van der Waals surface area contributed by atoms with Crippen molar-refractivity contribution in [3.63, 3.8) is 0 Å². The molecule has 0 amide bonds. The van der Waals surface area contributed by atoms with E-state index in [0.717, 1.165) is 88.1 Å². The van der Waals surface area contributed by atoms with Crippen molar-refractivity contribution in [2.75, 3.05) is 64.6 Å². The van der Waals surface area contributed by atoms with E-state index in [4.69, 9.17) is 24.2 Å². The molecule has 8 heteroatoms. The number of hydrogen-bond donors (Lipinski definition) is 2. The summed E-state index contributed by atoms with van der Waals surface area (Å²) in [5, 5.41) is 13.0. The van der Waals surface area contributed by atoms with E-state index in [1.165, 1.54) is 12.0 Å². The lowest BCUT2D eigenvalue weighted by atomic mass is 9.80. The SMILES string of the molecule is CNCC(O)COc1cccc(-c2nc(C[C@@H]3CCOC3)c(C)c(N3CCC4(CCOCC4)C3)n2)c1. The Labute approximate surface area is 214 Å². The van der Waals surface area contributed by atoms with Crippen LogP contribution in [-0.2, 0) is 15.9 Å². The number of aliphatic hydroxyl groups excluding tert-OH is 1. The highest BCUT2D eigenvalue weighted by Gasteiger charge is 2.40. The van der Waals surface area contributed by atoms with E-state index in [0.29, 0.717) is 23.6 Å². The molecule has 1 spiro atoms. The van der Waals surface area contributed by atoms with Crippen LogP contribution in [0, 0.1) is 18.3 Å². The molecule has 0 radical (unpaired) electrons. The Morgan fingerprint density at radius 2 is 2.06 bits per heavy atom. The average molecular weight is 497 g/mol. The molecule has 3 fully saturated rings. The molecular weight excluding hydrogens is 456 g/mol. The first-order valence-corrected chi connectivity index (χ1v) is 13.4. The Bertz CT molecular complexity index is 1020. The van der Waals surface area contributed by atoms with Crippen molar-refractivity contribution < 1.29 is 19.3 Å². The minimum atomic E-state index is -0.561. The number of aromatic nitrogens is 2. The number of ether oxygens (including phenoxy) is 3. The molecule has 0 saturated carbocycles. The fourth-order valence-corrected chi connectivity index (χ4v) is 5.74. The van der Waals surface area contributed by atoms with Gasteiger partial charge in [-0.25, -0.2) is 9.97 Å². The third kappa shape index (κ3) is 5.83. The molecule has 196 valence electrons. The molecular formula is C28H40N4O4. The van der Waals surface area contributed by atoms with Crippen molar-refractivity contribution >= 4 is 5.82 Å². The molecule has 1 aromatic carbocycles. The Hall–Kier alpha value is -2.26. The van der Waals surface area contributed by atoms with E-state index in [-0.39, 0.29) is 6.61 Å². The van der Waals surface area contributed by atoms with E-state index in [9.17, 15) is 5.11 Å². The van der Waals surface area contributed by atoms with Gasteiger partial charge in [0.15, 0.2) is 5.82 Å². The molecule has 2 aromatic rings. The normalized spacial score (nSPS) is 22.3. The Morgan fingerprint density at radius 3 is 2.83 bits per heavy atom. The van der Waals surface area contributed by atoms with Crippen molar-refractivity contribution in [3.05, 3.63) is 35.5 Å². The van der Waals surface area contributed by atoms with Gasteiger partial charge in [-0.3, -0.25) is 0 Å². The van der Waals surface area contributed by atoms with Crippen LogP contribution in [-0.4, -0.2) is 80.9 Å². The molecule has 2 N–H and O–H groups in total. The number of likely N-dealkylation sites (N-methyl/N-ethyl adjacent to an activating group) is 1. The smallest absolute Gasteiger partial charge is 0.161 e. The summed E-state index contributed by atoms with van der Waals surface area (Å²) in [6.07, 6.45) is 4.89. The van der Waals surface area contributed by atoms with Crippen molar-refractivity contribution in [3.8, 4) is 17.1 Å². The van der Waals surface area contributed by atoms with Crippen molar-refractivity contribution in [1.29, 1.82) is 0 Å². The Morgan fingerprint density at radius 1 is 1.19 bits per heavy atom. The van der Waals surface area contributed by atoms with Gasteiger partial charge in [0, 0.05) is 62.9 Å². The van der Waals surface area contributed by atoms with E-state index < -0.39 is 6.10 Å². The summed E-state index contributed by atoms with van der Waals surface area (Å²) >= 11 is 0. The quantitative estimate of drug-likeness (QED) is 0.548. The van der Waals surface area contributed by atoms with Crippen LogP contribution < -0.4 is 15.0 Å². The van der Waals surface area contributed by atoms with Crippen LogP contribution >= 0.6 is 0 Å². The van der Waals surface area contributed by atoms with Gasteiger partial charge in [-0.05, 0) is 69.5 Å². The van der Waals surface area contributed by atoms with E-state index in [1.54, 1.807) is 0 Å². The predicted molar refractivity (Wildman–Crippen MR) is 140 cm³/mol. The Balaban J connectivity index is 1.43. The van der Waals surface area contributed by atoms with Gasteiger partial charge in [-0.2, -0.15) is 0 Å². The summed E-state index contributed by atoms with van der Waals surface area (Å²) in [7, 11) is 1.82. The molecule has 0 bridgehead atoms. The monoisotopic (exact) mass is 496 g/mol. The van der Waals surface area contributed by atoms with Gasteiger partial charge < -0.3 is 29.5 Å². The minimum Gasteiger partial charge on any atom is -0.491 e. The molecule has 36 heavy (non-hydrogen) atoms. The van der Waals surface area contributed by atoms with Gasteiger partial charge in [0.25, 0.3) is 0 Å².